The SMILES string of the molecule is CC1(C)OB(c2ccc(CNS(=O)(=O)c3cc(C(=O)Nc4cc(F)c(F)c(F)c4)ccc3F)cc2)OC1(C)C. The second-order valence-electron chi connectivity index (χ2n) is 10.0. The van der Waals surface area contributed by atoms with Crippen LogP contribution in [-0.4, -0.2) is 32.6 Å². The molecule has 0 saturated carbocycles. The molecule has 0 aliphatic carbocycles. The van der Waals surface area contributed by atoms with Crippen LogP contribution in [0.1, 0.15) is 43.6 Å². The molecule has 1 amide bonds. The fourth-order valence-corrected chi connectivity index (χ4v) is 4.83. The Morgan fingerprint density at radius 3 is 1.97 bits per heavy atom. The van der Waals surface area contributed by atoms with Gasteiger partial charge in [-0.1, -0.05) is 24.3 Å². The van der Waals surface area contributed by atoms with E-state index in [1.165, 1.54) is 0 Å². The number of rotatable bonds is 7. The number of halogens is 4. The van der Waals surface area contributed by atoms with Crippen LogP contribution in [0.25, 0.3) is 0 Å². The highest BCUT2D eigenvalue weighted by Gasteiger charge is 2.51. The summed E-state index contributed by atoms with van der Waals surface area (Å²) in [5.41, 5.74) is -0.458. The third kappa shape index (κ3) is 6.01. The summed E-state index contributed by atoms with van der Waals surface area (Å²) in [6.07, 6.45) is 0. The normalized spacial score (nSPS) is 16.4. The molecule has 3 aromatic rings. The van der Waals surface area contributed by atoms with Gasteiger partial charge in [-0.3, -0.25) is 4.79 Å². The van der Waals surface area contributed by atoms with Crippen molar-refractivity contribution in [3.05, 3.63) is 89.0 Å². The van der Waals surface area contributed by atoms with E-state index in [2.05, 4.69) is 10.0 Å². The van der Waals surface area contributed by atoms with Gasteiger partial charge in [0.25, 0.3) is 5.91 Å². The van der Waals surface area contributed by atoms with Crippen LogP contribution in [0.2, 0.25) is 0 Å². The van der Waals surface area contributed by atoms with E-state index in [0.717, 1.165) is 23.7 Å². The van der Waals surface area contributed by atoms with E-state index in [-0.39, 0.29) is 12.1 Å². The summed E-state index contributed by atoms with van der Waals surface area (Å²) in [6.45, 7) is 7.52. The number of nitrogens with one attached hydrogen (secondary N) is 2. The van der Waals surface area contributed by atoms with Gasteiger partial charge in [0, 0.05) is 29.9 Å². The minimum atomic E-state index is -4.42. The number of carbonyl (C=O) groups is 1. The molecule has 1 aliphatic rings. The van der Waals surface area contributed by atoms with E-state index < -0.39 is 68.1 Å². The lowest BCUT2D eigenvalue weighted by Crippen LogP contribution is -2.41. The van der Waals surface area contributed by atoms with Crippen molar-refractivity contribution >= 4 is 34.2 Å². The first-order valence-corrected chi connectivity index (χ1v) is 13.3. The van der Waals surface area contributed by atoms with Gasteiger partial charge in [-0.25, -0.2) is 30.7 Å². The van der Waals surface area contributed by atoms with Crippen molar-refractivity contribution in [3.8, 4) is 0 Å². The van der Waals surface area contributed by atoms with Gasteiger partial charge in [0.15, 0.2) is 17.5 Å². The van der Waals surface area contributed by atoms with E-state index in [1.807, 2.05) is 27.7 Å². The average Bonchev–Trinajstić information content (AvgIpc) is 3.08. The fourth-order valence-electron chi connectivity index (χ4n) is 3.71. The van der Waals surface area contributed by atoms with E-state index in [1.54, 1.807) is 24.3 Å². The largest absolute Gasteiger partial charge is 0.494 e. The third-order valence-electron chi connectivity index (χ3n) is 6.70. The van der Waals surface area contributed by atoms with Gasteiger partial charge in [0.05, 0.1) is 11.2 Å². The van der Waals surface area contributed by atoms with Crippen LogP contribution in [-0.2, 0) is 25.9 Å². The van der Waals surface area contributed by atoms with Crippen molar-refractivity contribution in [1.29, 1.82) is 0 Å². The molecule has 0 bridgehead atoms. The van der Waals surface area contributed by atoms with Crippen LogP contribution in [0.3, 0.4) is 0 Å². The van der Waals surface area contributed by atoms with Gasteiger partial charge in [-0.05, 0) is 56.9 Å². The zero-order valence-corrected chi connectivity index (χ0v) is 22.3. The van der Waals surface area contributed by atoms with Crippen molar-refractivity contribution in [3.63, 3.8) is 0 Å². The maximum absolute atomic E-state index is 14.5. The minimum Gasteiger partial charge on any atom is -0.399 e. The van der Waals surface area contributed by atoms with Gasteiger partial charge in [-0.2, -0.15) is 0 Å². The zero-order chi connectivity index (χ0) is 28.8. The van der Waals surface area contributed by atoms with E-state index in [4.69, 9.17) is 9.31 Å². The second-order valence-corrected chi connectivity index (χ2v) is 11.7. The highest BCUT2D eigenvalue weighted by atomic mass is 32.2. The Morgan fingerprint density at radius 1 is 0.846 bits per heavy atom. The monoisotopic (exact) mass is 564 g/mol. The first-order chi connectivity index (χ1) is 18.1. The van der Waals surface area contributed by atoms with E-state index >= 15 is 0 Å². The minimum absolute atomic E-state index is 0.185. The predicted molar refractivity (Wildman–Crippen MR) is 137 cm³/mol. The van der Waals surface area contributed by atoms with Crippen LogP contribution in [0.5, 0.6) is 0 Å². The predicted octanol–water partition coefficient (Wildman–Crippen LogP) is 4.27. The molecule has 4 rings (SSSR count). The van der Waals surface area contributed by atoms with E-state index in [0.29, 0.717) is 17.7 Å². The van der Waals surface area contributed by atoms with Gasteiger partial charge in [-0.15, -0.1) is 0 Å². The van der Waals surface area contributed by atoms with Gasteiger partial charge >= 0.3 is 7.12 Å². The summed E-state index contributed by atoms with van der Waals surface area (Å²) in [7, 11) is -5.01. The molecule has 1 fully saturated rings. The van der Waals surface area contributed by atoms with Crippen LogP contribution < -0.4 is 15.5 Å². The Balaban J connectivity index is 1.45. The summed E-state index contributed by atoms with van der Waals surface area (Å²) < 4.78 is 94.5. The number of carbonyl (C=O) groups excluding carboxylic acids is 1. The van der Waals surface area contributed by atoms with Gasteiger partial charge < -0.3 is 14.6 Å². The Labute approximate surface area is 223 Å². The molecule has 1 aliphatic heterocycles. The first kappa shape index (κ1) is 28.7. The Bertz CT molecular complexity index is 1490. The lowest BCUT2D eigenvalue weighted by molar-refractivity contribution is 0.00578. The lowest BCUT2D eigenvalue weighted by Gasteiger charge is -2.32. The number of sulfonamides is 1. The number of hydrogen-bond acceptors (Lipinski definition) is 5. The molecule has 0 atom stereocenters. The summed E-state index contributed by atoms with van der Waals surface area (Å²) in [4.78, 5) is 11.7. The fraction of sp³-hybridized carbons (Fsp3) is 0.269. The summed E-state index contributed by atoms with van der Waals surface area (Å²) in [5, 5.41) is 2.12. The van der Waals surface area contributed by atoms with Crippen molar-refractivity contribution in [1.82, 2.24) is 4.72 Å². The maximum atomic E-state index is 14.5. The molecular formula is C26H25BF4N2O5S. The molecule has 1 heterocycles. The Morgan fingerprint density at radius 2 is 1.41 bits per heavy atom. The maximum Gasteiger partial charge on any atom is 0.494 e. The lowest BCUT2D eigenvalue weighted by atomic mass is 9.79. The molecule has 3 aromatic carbocycles. The van der Waals surface area contributed by atoms with Crippen LogP contribution >= 0.6 is 0 Å². The molecule has 0 spiro atoms. The zero-order valence-electron chi connectivity index (χ0n) is 21.4. The molecule has 0 aromatic heterocycles. The van der Waals surface area contributed by atoms with Crippen molar-refractivity contribution < 1.29 is 40.1 Å². The smallest absolute Gasteiger partial charge is 0.399 e. The summed E-state index contributed by atoms with van der Waals surface area (Å²) in [5.74, 6) is -6.87. The number of hydrogen-bond donors (Lipinski definition) is 2. The number of amides is 1. The Hall–Kier alpha value is -3.26. The van der Waals surface area contributed by atoms with Crippen molar-refractivity contribution in [2.45, 2.75) is 50.3 Å². The summed E-state index contributed by atoms with van der Waals surface area (Å²) >= 11 is 0. The summed E-state index contributed by atoms with van der Waals surface area (Å²) in [6, 6.07) is 10.5. The quantitative estimate of drug-likeness (QED) is 0.254. The second kappa shape index (κ2) is 10.4. The van der Waals surface area contributed by atoms with E-state index in [9.17, 15) is 30.8 Å². The molecule has 206 valence electrons. The molecule has 2 N–H and O–H groups in total. The molecule has 39 heavy (non-hydrogen) atoms. The average molecular weight is 564 g/mol. The standard InChI is InChI=1S/C26H25BF4N2O5S/c1-25(2)26(3,4)38-27(37-25)17-8-5-15(6-9-17)14-32-39(35,36)22-11-16(7-10-19(22)28)24(34)33-18-12-20(29)23(31)21(30)13-18/h5-13,32H,14H2,1-4H3,(H,33,34). The Kier molecular flexibility index (Phi) is 7.65. The van der Waals surface area contributed by atoms with Crippen molar-refractivity contribution in [2.24, 2.45) is 0 Å². The topological polar surface area (TPSA) is 93.7 Å². The van der Waals surface area contributed by atoms with Gasteiger partial charge in [0.2, 0.25) is 10.0 Å². The van der Waals surface area contributed by atoms with Gasteiger partial charge in [0.1, 0.15) is 10.7 Å². The molecule has 1 saturated heterocycles. The molecule has 13 heteroatoms. The van der Waals surface area contributed by atoms with Crippen molar-refractivity contribution in [2.75, 3.05) is 5.32 Å². The third-order valence-corrected chi connectivity index (χ3v) is 8.11. The number of benzene rings is 3. The molecule has 0 radical (unpaired) electrons. The van der Waals surface area contributed by atoms with Crippen LogP contribution in [0.4, 0.5) is 23.2 Å². The first-order valence-electron chi connectivity index (χ1n) is 11.8. The van der Waals surface area contributed by atoms with Crippen LogP contribution in [0, 0.1) is 23.3 Å². The molecular weight excluding hydrogens is 539 g/mol. The molecule has 7 nitrogen and oxygen atoms in total. The van der Waals surface area contributed by atoms with Crippen LogP contribution in [0.15, 0.2) is 59.5 Å². The highest BCUT2D eigenvalue weighted by molar-refractivity contribution is 7.89. The number of anilines is 1. The highest BCUT2D eigenvalue weighted by Crippen LogP contribution is 2.36. The molecule has 0 unspecified atom stereocenters.